The summed E-state index contributed by atoms with van der Waals surface area (Å²) in [5.74, 6) is 0.938. The van der Waals surface area contributed by atoms with E-state index in [0.717, 1.165) is 49.8 Å². The first-order chi connectivity index (χ1) is 13.0. The standard InChI is InChI=1S/C22H35N3O2/c1-4-19-20(17(3)26)16(2)23-21(19)22(27)25-12-8-11-24(13-14-25)15-18-9-6-5-7-10-18/h18,23H,4-15H2,1-3H3. The van der Waals surface area contributed by atoms with Gasteiger partial charge in [-0.05, 0) is 57.6 Å². The molecule has 1 amide bonds. The zero-order chi connectivity index (χ0) is 19.4. The molecule has 1 aliphatic carbocycles. The summed E-state index contributed by atoms with van der Waals surface area (Å²) in [5.41, 5.74) is 3.03. The van der Waals surface area contributed by atoms with Crippen molar-refractivity contribution in [2.45, 2.75) is 65.7 Å². The molecule has 0 aromatic carbocycles. The molecule has 2 fully saturated rings. The Morgan fingerprint density at radius 1 is 1.04 bits per heavy atom. The topological polar surface area (TPSA) is 56.4 Å². The minimum absolute atomic E-state index is 0.0363. The third-order valence-electron chi connectivity index (χ3n) is 6.33. The number of ketones is 1. The van der Waals surface area contributed by atoms with Crippen LogP contribution in [0.4, 0.5) is 0 Å². The number of carbonyl (C=O) groups excluding carboxylic acids is 2. The number of Topliss-reactive ketones (excluding diaryl/α,β-unsaturated/α-hetero) is 1. The summed E-state index contributed by atoms with van der Waals surface area (Å²) in [6.45, 7) is 10.3. The normalized spacial score (nSPS) is 19.9. The van der Waals surface area contributed by atoms with Crippen molar-refractivity contribution in [2.75, 3.05) is 32.7 Å². The van der Waals surface area contributed by atoms with Crippen molar-refractivity contribution in [3.8, 4) is 0 Å². The summed E-state index contributed by atoms with van der Waals surface area (Å²) in [4.78, 5) is 32.9. The highest BCUT2D eigenvalue weighted by atomic mass is 16.2. The van der Waals surface area contributed by atoms with E-state index in [4.69, 9.17) is 0 Å². The lowest BCUT2D eigenvalue weighted by Gasteiger charge is -2.28. The van der Waals surface area contributed by atoms with Gasteiger partial charge in [0, 0.05) is 37.4 Å². The minimum Gasteiger partial charge on any atom is -0.354 e. The van der Waals surface area contributed by atoms with Crippen LogP contribution in [0, 0.1) is 12.8 Å². The van der Waals surface area contributed by atoms with E-state index < -0.39 is 0 Å². The van der Waals surface area contributed by atoms with Crippen molar-refractivity contribution in [3.63, 3.8) is 0 Å². The van der Waals surface area contributed by atoms with Crippen LogP contribution in [0.3, 0.4) is 0 Å². The Balaban J connectivity index is 1.66. The van der Waals surface area contributed by atoms with Crippen LogP contribution in [-0.4, -0.2) is 59.2 Å². The van der Waals surface area contributed by atoms with Crippen LogP contribution in [0.1, 0.15) is 84.5 Å². The predicted octanol–water partition coefficient (Wildman–Crippen LogP) is 3.82. The van der Waals surface area contributed by atoms with Crippen LogP contribution in [0.2, 0.25) is 0 Å². The molecule has 0 atom stereocenters. The average Bonchev–Trinajstić information content (AvgIpc) is 2.83. The summed E-state index contributed by atoms with van der Waals surface area (Å²) in [6, 6.07) is 0. The fourth-order valence-corrected chi connectivity index (χ4v) is 4.94. The lowest BCUT2D eigenvalue weighted by molar-refractivity contribution is 0.0753. The van der Waals surface area contributed by atoms with Gasteiger partial charge in [0.1, 0.15) is 5.69 Å². The molecule has 1 saturated heterocycles. The monoisotopic (exact) mass is 373 g/mol. The molecule has 0 spiro atoms. The molecule has 1 N–H and O–H groups in total. The first-order valence-electron chi connectivity index (χ1n) is 10.7. The van der Waals surface area contributed by atoms with E-state index in [-0.39, 0.29) is 11.7 Å². The second-order valence-electron chi connectivity index (χ2n) is 8.34. The maximum absolute atomic E-state index is 13.2. The van der Waals surface area contributed by atoms with Gasteiger partial charge in [-0.3, -0.25) is 9.59 Å². The van der Waals surface area contributed by atoms with Crippen molar-refractivity contribution >= 4 is 11.7 Å². The van der Waals surface area contributed by atoms with Crippen LogP contribution in [0.25, 0.3) is 0 Å². The van der Waals surface area contributed by atoms with E-state index in [2.05, 4.69) is 9.88 Å². The molecule has 5 heteroatoms. The molecule has 1 aromatic heterocycles. The molecule has 3 rings (SSSR count). The molecule has 1 aliphatic heterocycles. The molecule has 0 radical (unpaired) electrons. The summed E-state index contributed by atoms with van der Waals surface area (Å²) in [5, 5.41) is 0. The van der Waals surface area contributed by atoms with Crippen LogP contribution in [0.15, 0.2) is 0 Å². The molecule has 1 saturated carbocycles. The maximum atomic E-state index is 13.2. The van der Waals surface area contributed by atoms with Gasteiger partial charge in [0.2, 0.25) is 0 Å². The summed E-state index contributed by atoms with van der Waals surface area (Å²) < 4.78 is 0. The SMILES string of the molecule is CCc1c(C(=O)N2CCCN(CC3CCCCC3)CC2)[nH]c(C)c1C(C)=O. The largest absolute Gasteiger partial charge is 0.354 e. The van der Waals surface area contributed by atoms with Gasteiger partial charge in [0.25, 0.3) is 5.91 Å². The highest BCUT2D eigenvalue weighted by molar-refractivity contribution is 6.02. The van der Waals surface area contributed by atoms with Crippen LogP contribution >= 0.6 is 0 Å². The quantitative estimate of drug-likeness (QED) is 0.799. The van der Waals surface area contributed by atoms with Crippen molar-refractivity contribution in [1.82, 2.24) is 14.8 Å². The fraction of sp³-hybridized carbons (Fsp3) is 0.727. The van der Waals surface area contributed by atoms with E-state index in [0.29, 0.717) is 17.7 Å². The van der Waals surface area contributed by atoms with Gasteiger partial charge in [0.15, 0.2) is 5.78 Å². The predicted molar refractivity (Wildman–Crippen MR) is 108 cm³/mol. The van der Waals surface area contributed by atoms with Gasteiger partial charge < -0.3 is 14.8 Å². The highest BCUT2D eigenvalue weighted by Crippen LogP contribution is 2.25. The summed E-state index contributed by atoms with van der Waals surface area (Å²) in [6.07, 6.45) is 8.63. The van der Waals surface area contributed by atoms with Gasteiger partial charge in [-0.15, -0.1) is 0 Å². The molecule has 0 bridgehead atoms. The number of H-pyrrole nitrogens is 1. The second-order valence-corrected chi connectivity index (χ2v) is 8.34. The number of amides is 1. The number of rotatable bonds is 5. The third kappa shape index (κ3) is 4.63. The Morgan fingerprint density at radius 3 is 2.44 bits per heavy atom. The lowest BCUT2D eigenvalue weighted by Crippen LogP contribution is -2.37. The van der Waals surface area contributed by atoms with Gasteiger partial charge in [-0.2, -0.15) is 0 Å². The Kier molecular flexibility index (Phi) is 6.74. The fourth-order valence-electron chi connectivity index (χ4n) is 4.94. The number of aromatic nitrogens is 1. The lowest BCUT2D eigenvalue weighted by atomic mass is 9.89. The Bertz CT molecular complexity index is 673. The van der Waals surface area contributed by atoms with E-state index in [9.17, 15) is 9.59 Å². The van der Waals surface area contributed by atoms with E-state index in [1.165, 1.54) is 38.6 Å². The number of hydrogen-bond donors (Lipinski definition) is 1. The third-order valence-corrected chi connectivity index (χ3v) is 6.33. The van der Waals surface area contributed by atoms with Crippen LogP contribution in [-0.2, 0) is 6.42 Å². The molecule has 0 unspecified atom stereocenters. The number of nitrogens with one attached hydrogen (secondary N) is 1. The first-order valence-corrected chi connectivity index (χ1v) is 10.7. The Labute approximate surface area is 163 Å². The van der Waals surface area contributed by atoms with Gasteiger partial charge in [-0.1, -0.05) is 26.2 Å². The molecule has 5 nitrogen and oxygen atoms in total. The zero-order valence-electron chi connectivity index (χ0n) is 17.3. The summed E-state index contributed by atoms with van der Waals surface area (Å²) in [7, 11) is 0. The van der Waals surface area contributed by atoms with Gasteiger partial charge in [0.05, 0.1) is 0 Å². The Morgan fingerprint density at radius 2 is 1.78 bits per heavy atom. The van der Waals surface area contributed by atoms with Crippen LogP contribution in [0.5, 0.6) is 0 Å². The molecular formula is C22H35N3O2. The second kappa shape index (κ2) is 9.05. The molecule has 2 aliphatic rings. The molecular weight excluding hydrogens is 338 g/mol. The minimum atomic E-state index is 0.0363. The maximum Gasteiger partial charge on any atom is 0.270 e. The number of aryl methyl sites for hydroxylation is 1. The average molecular weight is 374 g/mol. The van der Waals surface area contributed by atoms with Crippen molar-refractivity contribution in [2.24, 2.45) is 5.92 Å². The molecule has 150 valence electrons. The van der Waals surface area contributed by atoms with E-state index in [1.807, 2.05) is 18.7 Å². The van der Waals surface area contributed by atoms with Crippen molar-refractivity contribution < 1.29 is 9.59 Å². The molecule has 2 heterocycles. The smallest absolute Gasteiger partial charge is 0.270 e. The Hall–Kier alpha value is -1.62. The summed E-state index contributed by atoms with van der Waals surface area (Å²) >= 11 is 0. The van der Waals surface area contributed by atoms with Crippen molar-refractivity contribution in [3.05, 3.63) is 22.5 Å². The number of carbonyl (C=O) groups is 2. The highest BCUT2D eigenvalue weighted by Gasteiger charge is 2.27. The number of nitrogens with zero attached hydrogens (tertiary/aromatic N) is 2. The first kappa shape index (κ1) is 20.1. The molecule has 27 heavy (non-hydrogen) atoms. The number of hydrogen-bond acceptors (Lipinski definition) is 3. The van der Waals surface area contributed by atoms with Crippen molar-refractivity contribution in [1.29, 1.82) is 0 Å². The van der Waals surface area contributed by atoms with Gasteiger partial charge in [-0.25, -0.2) is 0 Å². The van der Waals surface area contributed by atoms with E-state index >= 15 is 0 Å². The molecule has 1 aromatic rings. The van der Waals surface area contributed by atoms with Gasteiger partial charge >= 0.3 is 0 Å². The van der Waals surface area contributed by atoms with E-state index in [1.54, 1.807) is 6.92 Å². The number of aromatic amines is 1. The van der Waals surface area contributed by atoms with Crippen LogP contribution < -0.4 is 0 Å². The zero-order valence-corrected chi connectivity index (χ0v) is 17.3.